The molecule has 6 aromatic carbocycles. The van der Waals surface area contributed by atoms with Crippen molar-refractivity contribution in [3.63, 3.8) is 0 Å². The fourth-order valence-corrected chi connectivity index (χ4v) is 4.62. The Morgan fingerprint density at radius 1 is 0.438 bits per heavy atom. The van der Waals surface area contributed by atoms with E-state index in [4.69, 9.17) is 5.41 Å². The summed E-state index contributed by atoms with van der Waals surface area (Å²) in [5.41, 5.74) is 1.84. The Balaban J connectivity index is 1.42. The van der Waals surface area contributed by atoms with Gasteiger partial charge in [0.2, 0.25) is 0 Å². The van der Waals surface area contributed by atoms with Gasteiger partial charge in [0.05, 0.1) is 0 Å². The molecule has 0 amide bonds. The zero-order valence-corrected chi connectivity index (χ0v) is 17.4. The van der Waals surface area contributed by atoms with Crippen LogP contribution in [0.2, 0.25) is 0 Å². The Kier molecular flexibility index (Phi) is 4.25. The largest absolute Gasteiger partial charge is 0.326 e. The summed E-state index contributed by atoms with van der Waals surface area (Å²) in [5.74, 6) is 0.242. The number of guanidine groups is 1. The van der Waals surface area contributed by atoms with Gasteiger partial charge in [-0.3, -0.25) is 5.41 Å². The van der Waals surface area contributed by atoms with Crippen molar-refractivity contribution < 1.29 is 0 Å². The Morgan fingerprint density at radius 3 is 1.22 bits per heavy atom. The third kappa shape index (κ3) is 3.03. The second kappa shape index (κ2) is 7.40. The molecule has 0 radical (unpaired) electrons. The summed E-state index contributed by atoms with van der Waals surface area (Å²) < 4.78 is 0. The van der Waals surface area contributed by atoms with Crippen molar-refractivity contribution in [1.29, 1.82) is 5.41 Å². The molecular weight excluding hydrogens is 390 g/mol. The lowest BCUT2D eigenvalue weighted by molar-refractivity contribution is 1.45. The van der Waals surface area contributed by atoms with Crippen LogP contribution in [0.15, 0.2) is 109 Å². The highest BCUT2D eigenvalue weighted by atomic mass is 15.1. The molecular formula is C29H21N3. The van der Waals surface area contributed by atoms with Gasteiger partial charge in [-0.1, -0.05) is 97.1 Å². The maximum atomic E-state index is 8.71. The van der Waals surface area contributed by atoms with Crippen molar-refractivity contribution in [2.75, 3.05) is 10.6 Å². The highest BCUT2D eigenvalue weighted by Gasteiger charge is 2.10. The number of hydrogen-bond donors (Lipinski definition) is 3. The highest BCUT2D eigenvalue weighted by Crippen LogP contribution is 2.33. The van der Waals surface area contributed by atoms with Gasteiger partial charge in [0, 0.05) is 22.1 Å². The van der Waals surface area contributed by atoms with Gasteiger partial charge < -0.3 is 10.6 Å². The predicted molar refractivity (Wildman–Crippen MR) is 138 cm³/mol. The standard InChI is InChI=1S/C29H21N3/c30-29(31-27-17-19-9-1-3-11-21(19)23-13-5-7-15-25(23)27)32-28-18-20-10-2-4-12-22(20)24-14-6-8-16-26(24)28/h1-18H,(H3,30,31,32). The van der Waals surface area contributed by atoms with Gasteiger partial charge in [0.1, 0.15) is 0 Å². The summed E-state index contributed by atoms with van der Waals surface area (Å²) in [4.78, 5) is 0. The van der Waals surface area contributed by atoms with Crippen LogP contribution in [0.4, 0.5) is 11.4 Å². The highest BCUT2D eigenvalue weighted by molar-refractivity contribution is 6.19. The average molecular weight is 412 g/mol. The molecule has 152 valence electrons. The second-order valence-corrected chi connectivity index (χ2v) is 8.01. The van der Waals surface area contributed by atoms with Crippen LogP contribution in [-0.2, 0) is 0 Å². The lowest BCUT2D eigenvalue weighted by Crippen LogP contribution is -2.20. The van der Waals surface area contributed by atoms with Crippen molar-refractivity contribution in [3.8, 4) is 0 Å². The summed E-state index contributed by atoms with van der Waals surface area (Å²) in [6.45, 7) is 0. The maximum absolute atomic E-state index is 8.71. The summed E-state index contributed by atoms with van der Waals surface area (Å²) in [6.07, 6.45) is 0. The number of nitrogens with one attached hydrogen (secondary N) is 3. The van der Waals surface area contributed by atoms with Crippen LogP contribution in [0.5, 0.6) is 0 Å². The van der Waals surface area contributed by atoms with Crippen molar-refractivity contribution in [1.82, 2.24) is 0 Å². The number of fused-ring (bicyclic) bond motifs is 6. The Bertz CT molecular complexity index is 1530. The zero-order chi connectivity index (χ0) is 21.5. The summed E-state index contributed by atoms with van der Waals surface area (Å²) >= 11 is 0. The molecule has 0 spiro atoms. The Labute approximate surface area is 185 Å². The quantitative estimate of drug-likeness (QED) is 0.155. The summed E-state index contributed by atoms with van der Waals surface area (Å²) in [5, 5.41) is 24.6. The van der Waals surface area contributed by atoms with E-state index >= 15 is 0 Å². The van der Waals surface area contributed by atoms with Crippen molar-refractivity contribution in [3.05, 3.63) is 109 Å². The van der Waals surface area contributed by atoms with Gasteiger partial charge in [-0.15, -0.1) is 0 Å². The minimum absolute atomic E-state index is 0.242. The third-order valence-electron chi connectivity index (χ3n) is 6.06. The average Bonchev–Trinajstić information content (AvgIpc) is 2.84. The molecule has 0 saturated carbocycles. The molecule has 0 aliphatic carbocycles. The molecule has 0 saturated heterocycles. The summed E-state index contributed by atoms with van der Waals surface area (Å²) in [6, 6.07) is 37.6. The molecule has 0 aliphatic heterocycles. The molecule has 0 bridgehead atoms. The van der Waals surface area contributed by atoms with Gasteiger partial charge in [-0.05, 0) is 44.5 Å². The first-order chi connectivity index (χ1) is 15.8. The molecule has 3 nitrogen and oxygen atoms in total. The minimum Gasteiger partial charge on any atom is -0.326 e. The van der Waals surface area contributed by atoms with E-state index in [1.54, 1.807) is 0 Å². The fraction of sp³-hybridized carbons (Fsp3) is 0. The molecule has 0 unspecified atom stereocenters. The van der Waals surface area contributed by atoms with Gasteiger partial charge in [0.15, 0.2) is 5.96 Å². The minimum atomic E-state index is 0.242. The Hall–Kier alpha value is -4.37. The third-order valence-corrected chi connectivity index (χ3v) is 6.06. The lowest BCUT2D eigenvalue weighted by atomic mass is 10.00. The summed E-state index contributed by atoms with van der Waals surface area (Å²) in [7, 11) is 0. The first-order valence-electron chi connectivity index (χ1n) is 10.7. The van der Waals surface area contributed by atoms with Gasteiger partial charge in [0.25, 0.3) is 0 Å². The number of rotatable bonds is 2. The van der Waals surface area contributed by atoms with Gasteiger partial charge in [-0.25, -0.2) is 0 Å². The second-order valence-electron chi connectivity index (χ2n) is 8.01. The van der Waals surface area contributed by atoms with Crippen LogP contribution >= 0.6 is 0 Å². The predicted octanol–water partition coefficient (Wildman–Crippen LogP) is 7.76. The lowest BCUT2D eigenvalue weighted by Gasteiger charge is -2.16. The van der Waals surface area contributed by atoms with Crippen LogP contribution in [0.3, 0.4) is 0 Å². The van der Waals surface area contributed by atoms with Crippen molar-refractivity contribution in [2.45, 2.75) is 0 Å². The van der Waals surface area contributed by atoms with E-state index in [2.05, 4.69) is 95.6 Å². The van der Waals surface area contributed by atoms with Crippen LogP contribution in [-0.4, -0.2) is 5.96 Å². The normalized spacial score (nSPS) is 11.2. The first-order valence-corrected chi connectivity index (χ1v) is 10.7. The molecule has 32 heavy (non-hydrogen) atoms. The molecule has 6 aromatic rings. The number of benzene rings is 6. The monoisotopic (exact) mass is 411 g/mol. The molecule has 0 aromatic heterocycles. The van der Waals surface area contributed by atoms with Crippen LogP contribution in [0.25, 0.3) is 43.1 Å². The molecule has 6 rings (SSSR count). The van der Waals surface area contributed by atoms with Crippen molar-refractivity contribution >= 4 is 60.4 Å². The van der Waals surface area contributed by atoms with E-state index in [1.807, 2.05) is 24.3 Å². The molecule has 0 fully saturated rings. The van der Waals surface area contributed by atoms with Crippen LogP contribution < -0.4 is 10.6 Å². The Morgan fingerprint density at radius 2 is 0.781 bits per heavy atom. The van der Waals surface area contributed by atoms with E-state index < -0.39 is 0 Å². The maximum Gasteiger partial charge on any atom is 0.197 e. The molecule has 0 heterocycles. The van der Waals surface area contributed by atoms with E-state index in [0.29, 0.717) is 0 Å². The number of hydrogen-bond acceptors (Lipinski definition) is 1. The molecule has 3 heteroatoms. The number of anilines is 2. The van der Waals surface area contributed by atoms with Gasteiger partial charge >= 0.3 is 0 Å². The van der Waals surface area contributed by atoms with E-state index in [1.165, 1.54) is 21.5 Å². The van der Waals surface area contributed by atoms with Gasteiger partial charge in [-0.2, -0.15) is 0 Å². The molecule has 0 atom stereocenters. The van der Waals surface area contributed by atoms with E-state index in [9.17, 15) is 0 Å². The smallest absolute Gasteiger partial charge is 0.197 e. The van der Waals surface area contributed by atoms with Crippen LogP contribution in [0, 0.1) is 5.41 Å². The van der Waals surface area contributed by atoms with Crippen LogP contribution in [0.1, 0.15) is 0 Å². The molecule has 0 aliphatic rings. The topological polar surface area (TPSA) is 47.9 Å². The first kappa shape index (κ1) is 18.4. The van der Waals surface area contributed by atoms with E-state index in [-0.39, 0.29) is 5.96 Å². The van der Waals surface area contributed by atoms with Crippen molar-refractivity contribution in [2.24, 2.45) is 0 Å². The zero-order valence-electron chi connectivity index (χ0n) is 17.4. The van der Waals surface area contributed by atoms with E-state index in [0.717, 1.165) is 32.9 Å². The molecule has 3 N–H and O–H groups in total. The fourth-order valence-electron chi connectivity index (χ4n) is 4.62. The SMILES string of the molecule is N=C(Nc1cc2ccccc2c2ccccc12)Nc1cc2ccccc2c2ccccc12.